The highest BCUT2D eigenvalue weighted by Crippen LogP contribution is 2.56. The maximum atomic E-state index is 13.3. The fourth-order valence-corrected chi connectivity index (χ4v) is 4.97. The molecule has 118 valence electrons. The Balaban J connectivity index is 2.35. The third-order valence-corrected chi connectivity index (χ3v) is 6.04. The lowest BCUT2D eigenvalue weighted by Gasteiger charge is -2.39. The van der Waals surface area contributed by atoms with E-state index in [1.807, 2.05) is 48.8 Å². The normalized spacial score (nSPS) is 16.9. The number of rotatable bonds is 7. The van der Waals surface area contributed by atoms with Crippen LogP contribution < -0.4 is 4.67 Å². The summed E-state index contributed by atoms with van der Waals surface area (Å²) in [6, 6.07) is 10.1. The monoisotopic (exact) mass is 311 g/mol. The fourth-order valence-electron chi connectivity index (χ4n) is 2.95. The molecular weight excluding hydrogens is 285 g/mol. The van der Waals surface area contributed by atoms with Crippen molar-refractivity contribution in [2.75, 3.05) is 17.9 Å². The molecule has 0 bridgehead atoms. The minimum absolute atomic E-state index is 0.227. The van der Waals surface area contributed by atoms with E-state index in [2.05, 4.69) is 0 Å². The van der Waals surface area contributed by atoms with Gasteiger partial charge in [-0.05, 0) is 38.8 Å². The predicted octanol–water partition coefficient (Wildman–Crippen LogP) is 5.01. The van der Waals surface area contributed by atoms with E-state index in [1.165, 1.54) is 19.3 Å². The van der Waals surface area contributed by atoms with Crippen LogP contribution in [0.25, 0.3) is 0 Å². The molecule has 1 aromatic carbocycles. The molecule has 1 aliphatic rings. The molecular formula is C16H26NO3P. The van der Waals surface area contributed by atoms with Gasteiger partial charge in [-0.25, -0.2) is 4.57 Å². The van der Waals surface area contributed by atoms with Crippen molar-refractivity contribution in [2.45, 2.75) is 52.0 Å². The third-order valence-electron chi connectivity index (χ3n) is 3.79. The Hall–Kier alpha value is -0.830. The summed E-state index contributed by atoms with van der Waals surface area (Å²) in [5.74, 6) is 0. The largest absolute Gasteiger partial charge is 0.435 e. The van der Waals surface area contributed by atoms with Crippen molar-refractivity contribution in [1.82, 2.24) is 0 Å². The minimum atomic E-state index is -3.29. The van der Waals surface area contributed by atoms with Crippen LogP contribution in [0.3, 0.4) is 0 Å². The molecule has 1 saturated carbocycles. The number of nitrogens with zero attached hydrogens (tertiary/aromatic N) is 1. The standard InChI is InChI=1S/C16H26NO3P/c1-3-19-21(18,20-4-2)17(15-11-7-5-8-12-15)16-13-9-6-10-14-16/h5,7-8,11-12,16H,3-4,6,9-10,13-14H2,1-2H3. The first-order chi connectivity index (χ1) is 10.2. The molecule has 1 fully saturated rings. The lowest BCUT2D eigenvalue weighted by molar-refractivity contribution is 0.212. The van der Waals surface area contributed by atoms with Gasteiger partial charge in [0.15, 0.2) is 0 Å². The molecule has 0 unspecified atom stereocenters. The summed E-state index contributed by atoms with van der Waals surface area (Å²) < 4.78 is 26.4. The molecule has 0 atom stereocenters. The van der Waals surface area contributed by atoms with Crippen molar-refractivity contribution in [3.05, 3.63) is 30.3 Å². The summed E-state index contributed by atoms with van der Waals surface area (Å²) in [5.41, 5.74) is 0.926. The van der Waals surface area contributed by atoms with E-state index >= 15 is 0 Å². The summed E-state index contributed by atoms with van der Waals surface area (Å²) in [4.78, 5) is 0. The van der Waals surface area contributed by atoms with E-state index in [1.54, 1.807) is 0 Å². The minimum Gasteiger partial charge on any atom is -0.292 e. The average molecular weight is 311 g/mol. The summed E-state index contributed by atoms with van der Waals surface area (Å²) in [7, 11) is -3.29. The SMILES string of the molecule is CCOP(=O)(OCC)N(c1ccccc1)C1CCCCC1. The molecule has 5 heteroatoms. The molecule has 0 aliphatic heterocycles. The second-order valence-corrected chi connectivity index (χ2v) is 7.16. The van der Waals surface area contributed by atoms with Gasteiger partial charge in [0.2, 0.25) is 0 Å². The number of hydrogen-bond acceptors (Lipinski definition) is 3. The van der Waals surface area contributed by atoms with E-state index in [4.69, 9.17) is 9.05 Å². The Bertz CT molecular complexity index is 450. The van der Waals surface area contributed by atoms with E-state index in [0.29, 0.717) is 13.2 Å². The van der Waals surface area contributed by atoms with Crippen LogP contribution in [-0.4, -0.2) is 19.3 Å². The summed E-state index contributed by atoms with van der Waals surface area (Å²) in [5, 5.41) is 0. The van der Waals surface area contributed by atoms with E-state index in [0.717, 1.165) is 18.5 Å². The van der Waals surface area contributed by atoms with Gasteiger partial charge in [-0.3, -0.25) is 13.7 Å². The van der Waals surface area contributed by atoms with Crippen molar-refractivity contribution >= 4 is 13.4 Å². The van der Waals surface area contributed by atoms with Crippen molar-refractivity contribution in [1.29, 1.82) is 0 Å². The van der Waals surface area contributed by atoms with Gasteiger partial charge in [0, 0.05) is 11.7 Å². The Morgan fingerprint density at radius 1 is 1.05 bits per heavy atom. The maximum Gasteiger partial charge on any atom is 0.435 e. The Kier molecular flexibility index (Phi) is 6.28. The van der Waals surface area contributed by atoms with Gasteiger partial charge in [0.05, 0.1) is 13.2 Å². The fraction of sp³-hybridized carbons (Fsp3) is 0.625. The van der Waals surface area contributed by atoms with Gasteiger partial charge in [-0.15, -0.1) is 0 Å². The Morgan fingerprint density at radius 3 is 2.14 bits per heavy atom. The predicted molar refractivity (Wildman–Crippen MR) is 86.7 cm³/mol. The van der Waals surface area contributed by atoms with E-state index < -0.39 is 7.75 Å². The second kappa shape index (κ2) is 7.98. The number of hydrogen-bond donors (Lipinski definition) is 0. The molecule has 4 nitrogen and oxygen atoms in total. The Morgan fingerprint density at radius 2 is 1.62 bits per heavy atom. The first-order valence-corrected chi connectivity index (χ1v) is 9.44. The highest BCUT2D eigenvalue weighted by Gasteiger charge is 2.38. The number of anilines is 1. The van der Waals surface area contributed by atoms with E-state index in [9.17, 15) is 4.57 Å². The van der Waals surface area contributed by atoms with Gasteiger partial charge in [-0.1, -0.05) is 37.5 Å². The van der Waals surface area contributed by atoms with E-state index in [-0.39, 0.29) is 6.04 Å². The quantitative estimate of drug-likeness (QED) is 0.664. The zero-order valence-electron chi connectivity index (χ0n) is 13.0. The molecule has 0 heterocycles. The van der Waals surface area contributed by atoms with Gasteiger partial charge >= 0.3 is 7.75 Å². The third kappa shape index (κ3) is 4.09. The maximum absolute atomic E-state index is 13.3. The van der Waals surface area contributed by atoms with Crippen LogP contribution in [0, 0.1) is 0 Å². The van der Waals surface area contributed by atoms with Crippen LogP contribution >= 0.6 is 7.75 Å². The molecule has 1 aliphatic carbocycles. The molecule has 0 radical (unpaired) electrons. The topological polar surface area (TPSA) is 38.8 Å². The van der Waals surface area contributed by atoms with Gasteiger partial charge in [0.25, 0.3) is 0 Å². The molecule has 2 rings (SSSR count). The molecule has 0 N–H and O–H groups in total. The van der Waals surface area contributed by atoms with Gasteiger partial charge in [-0.2, -0.15) is 0 Å². The molecule has 0 saturated heterocycles. The summed E-state index contributed by atoms with van der Waals surface area (Å²) in [6.45, 7) is 4.48. The molecule has 0 amide bonds. The van der Waals surface area contributed by atoms with Crippen molar-refractivity contribution in [3.63, 3.8) is 0 Å². The summed E-state index contributed by atoms with van der Waals surface area (Å²) in [6.07, 6.45) is 5.68. The molecule has 0 spiro atoms. The lowest BCUT2D eigenvalue weighted by Crippen LogP contribution is -2.35. The zero-order valence-corrected chi connectivity index (χ0v) is 13.9. The highest BCUT2D eigenvalue weighted by molar-refractivity contribution is 7.55. The van der Waals surface area contributed by atoms with Crippen LogP contribution in [0.5, 0.6) is 0 Å². The van der Waals surface area contributed by atoms with Crippen LogP contribution in [0.4, 0.5) is 5.69 Å². The molecule has 0 aromatic heterocycles. The second-order valence-electron chi connectivity index (χ2n) is 5.28. The zero-order chi connectivity index (χ0) is 15.1. The van der Waals surface area contributed by atoms with Crippen molar-refractivity contribution in [3.8, 4) is 0 Å². The lowest BCUT2D eigenvalue weighted by atomic mass is 9.95. The van der Waals surface area contributed by atoms with Crippen LogP contribution in [0.2, 0.25) is 0 Å². The van der Waals surface area contributed by atoms with Crippen LogP contribution in [0.15, 0.2) is 30.3 Å². The molecule has 1 aromatic rings. The first kappa shape index (κ1) is 16.5. The number of para-hydroxylation sites is 1. The average Bonchev–Trinajstić information content (AvgIpc) is 2.50. The van der Waals surface area contributed by atoms with Crippen molar-refractivity contribution < 1.29 is 13.6 Å². The summed E-state index contributed by atoms with van der Waals surface area (Å²) >= 11 is 0. The van der Waals surface area contributed by atoms with Crippen LogP contribution in [-0.2, 0) is 13.6 Å². The van der Waals surface area contributed by atoms with Crippen molar-refractivity contribution in [2.24, 2.45) is 0 Å². The smallest absolute Gasteiger partial charge is 0.292 e. The Labute approximate surface area is 128 Å². The molecule has 21 heavy (non-hydrogen) atoms. The first-order valence-electron chi connectivity index (χ1n) is 7.95. The highest BCUT2D eigenvalue weighted by atomic mass is 31.2. The number of benzene rings is 1. The van der Waals surface area contributed by atoms with Gasteiger partial charge < -0.3 is 0 Å². The van der Waals surface area contributed by atoms with Crippen LogP contribution in [0.1, 0.15) is 46.0 Å². The van der Waals surface area contributed by atoms with Gasteiger partial charge in [0.1, 0.15) is 0 Å².